The van der Waals surface area contributed by atoms with E-state index in [1.54, 1.807) is 0 Å². The normalized spacial score (nSPS) is 23.1. The Morgan fingerprint density at radius 1 is 1.33 bits per heavy atom. The Hall–Kier alpha value is -1.60. The lowest BCUT2D eigenvalue weighted by Crippen LogP contribution is -2.55. The molecule has 1 aromatic rings. The molecule has 0 aromatic heterocycles. The van der Waals surface area contributed by atoms with Gasteiger partial charge in [-0.2, -0.15) is 0 Å². The van der Waals surface area contributed by atoms with Crippen LogP contribution in [0.1, 0.15) is 13.8 Å². The van der Waals surface area contributed by atoms with Gasteiger partial charge in [0.2, 0.25) is 5.91 Å². The molecule has 1 aromatic carbocycles. The van der Waals surface area contributed by atoms with Crippen molar-refractivity contribution in [3.05, 3.63) is 29.6 Å². The molecule has 116 valence electrons. The van der Waals surface area contributed by atoms with E-state index >= 15 is 0 Å². The van der Waals surface area contributed by atoms with Crippen LogP contribution in [0.5, 0.6) is 0 Å². The molecule has 4 nitrogen and oxygen atoms in total. The molecule has 7 heteroatoms. The van der Waals surface area contributed by atoms with Gasteiger partial charge in [-0.15, -0.1) is 0 Å². The van der Waals surface area contributed by atoms with Crippen molar-refractivity contribution in [1.29, 1.82) is 0 Å². The number of hydrogen-bond donors (Lipinski definition) is 2. The number of rotatable bonds is 3. The largest absolute Gasteiger partial charge is 0.322 e. The van der Waals surface area contributed by atoms with Gasteiger partial charge in [0.15, 0.2) is 17.5 Å². The van der Waals surface area contributed by atoms with E-state index in [0.717, 1.165) is 18.7 Å². The van der Waals surface area contributed by atoms with Gasteiger partial charge >= 0.3 is 0 Å². The fourth-order valence-electron chi connectivity index (χ4n) is 2.31. The highest BCUT2D eigenvalue weighted by molar-refractivity contribution is 5.92. The lowest BCUT2D eigenvalue weighted by molar-refractivity contribution is -0.118. The van der Waals surface area contributed by atoms with Crippen LogP contribution in [0.25, 0.3) is 0 Å². The average molecular weight is 301 g/mol. The summed E-state index contributed by atoms with van der Waals surface area (Å²) in [6, 6.07) is 2.22. The van der Waals surface area contributed by atoms with Gasteiger partial charge in [0, 0.05) is 25.2 Å². The molecular weight excluding hydrogens is 283 g/mol. The topological polar surface area (TPSA) is 44.4 Å². The van der Waals surface area contributed by atoms with Gasteiger partial charge in [-0.25, -0.2) is 13.2 Å². The highest BCUT2D eigenvalue weighted by Crippen LogP contribution is 2.19. The Morgan fingerprint density at radius 2 is 2.05 bits per heavy atom. The van der Waals surface area contributed by atoms with E-state index in [2.05, 4.69) is 10.6 Å². The standard InChI is InChI=1S/C14H18F3N3O/c1-8-6-20(9(2)5-18-8)7-12(21)19-11-4-3-10(15)13(16)14(11)17/h3-4,8-9,18H,5-7H2,1-2H3,(H,19,21). The summed E-state index contributed by atoms with van der Waals surface area (Å²) in [5, 5.41) is 5.56. The zero-order valence-corrected chi connectivity index (χ0v) is 11.9. The third-order valence-electron chi connectivity index (χ3n) is 3.55. The highest BCUT2D eigenvalue weighted by Gasteiger charge is 2.24. The molecule has 0 spiro atoms. The summed E-state index contributed by atoms with van der Waals surface area (Å²) in [4.78, 5) is 13.9. The first-order valence-electron chi connectivity index (χ1n) is 6.79. The van der Waals surface area contributed by atoms with E-state index in [1.807, 2.05) is 18.7 Å². The Kier molecular flexibility index (Phi) is 4.84. The van der Waals surface area contributed by atoms with Crippen LogP contribution < -0.4 is 10.6 Å². The molecule has 1 saturated heterocycles. The average Bonchev–Trinajstić information content (AvgIpc) is 2.43. The first-order valence-corrected chi connectivity index (χ1v) is 6.79. The van der Waals surface area contributed by atoms with Crippen LogP contribution in [0.3, 0.4) is 0 Å². The minimum Gasteiger partial charge on any atom is -0.322 e. The molecule has 0 bridgehead atoms. The van der Waals surface area contributed by atoms with Gasteiger partial charge in [0.25, 0.3) is 0 Å². The summed E-state index contributed by atoms with van der Waals surface area (Å²) in [6.45, 7) is 5.50. The summed E-state index contributed by atoms with van der Waals surface area (Å²) < 4.78 is 39.4. The molecule has 2 N–H and O–H groups in total. The second-order valence-corrected chi connectivity index (χ2v) is 5.36. The van der Waals surface area contributed by atoms with Crippen LogP contribution in [-0.4, -0.2) is 42.5 Å². The fraction of sp³-hybridized carbons (Fsp3) is 0.500. The van der Waals surface area contributed by atoms with Crippen molar-refractivity contribution in [1.82, 2.24) is 10.2 Å². The lowest BCUT2D eigenvalue weighted by atomic mass is 10.1. The molecule has 1 heterocycles. The molecule has 21 heavy (non-hydrogen) atoms. The maximum absolute atomic E-state index is 13.5. The number of piperazine rings is 1. The van der Waals surface area contributed by atoms with Gasteiger partial charge in [-0.1, -0.05) is 0 Å². The van der Waals surface area contributed by atoms with Crippen molar-refractivity contribution < 1.29 is 18.0 Å². The third-order valence-corrected chi connectivity index (χ3v) is 3.55. The van der Waals surface area contributed by atoms with E-state index < -0.39 is 23.4 Å². The zero-order valence-electron chi connectivity index (χ0n) is 11.9. The number of nitrogens with one attached hydrogen (secondary N) is 2. The van der Waals surface area contributed by atoms with Crippen LogP contribution in [0.15, 0.2) is 12.1 Å². The lowest BCUT2D eigenvalue weighted by Gasteiger charge is -2.36. The van der Waals surface area contributed by atoms with E-state index in [1.165, 1.54) is 0 Å². The fourth-order valence-corrected chi connectivity index (χ4v) is 2.31. The minimum absolute atomic E-state index is 0.0750. The predicted octanol–water partition coefficient (Wildman–Crippen LogP) is 1.72. The van der Waals surface area contributed by atoms with Gasteiger partial charge in [-0.05, 0) is 26.0 Å². The number of nitrogens with zero attached hydrogens (tertiary/aromatic N) is 1. The van der Waals surface area contributed by atoms with Crippen LogP contribution in [0.2, 0.25) is 0 Å². The van der Waals surface area contributed by atoms with Crippen molar-refractivity contribution in [3.63, 3.8) is 0 Å². The number of carbonyl (C=O) groups excluding carboxylic acids is 1. The summed E-state index contributed by atoms with van der Waals surface area (Å²) in [6.07, 6.45) is 0. The summed E-state index contributed by atoms with van der Waals surface area (Å²) in [5.41, 5.74) is -0.352. The second kappa shape index (κ2) is 6.44. The van der Waals surface area contributed by atoms with Crippen LogP contribution in [0.4, 0.5) is 18.9 Å². The first-order chi connectivity index (χ1) is 9.88. The first kappa shape index (κ1) is 15.8. The third kappa shape index (κ3) is 3.74. The van der Waals surface area contributed by atoms with E-state index in [0.29, 0.717) is 6.54 Å². The molecule has 1 amide bonds. The van der Waals surface area contributed by atoms with Gasteiger partial charge in [0.1, 0.15) is 0 Å². The molecule has 0 saturated carbocycles. The number of carbonyl (C=O) groups is 1. The molecule has 2 unspecified atom stereocenters. The summed E-state index contributed by atoms with van der Waals surface area (Å²) in [5.74, 6) is -4.71. The van der Waals surface area contributed by atoms with Crippen LogP contribution in [-0.2, 0) is 4.79 Å². The maximum Gasteiger partial charge on any atom is 0.238 e. The Balaban J connectivity index is 2.00. The SMILES string of the molecule is CC1CN(CC(=O)Nc2ccc(F)c(F)c2F)C(C)CN1. The molecular formula is C14H18F3N3O. The zero-order chi connectivity index (χ0) is 15.6. The quantitative estimate of drug-likeness (QED) is 0.836. The van der Waals surface area contributed by atoms with Crippen molar-refractivity contribution in [2.45, 2.75) is 25.9 Å². The van der Waals surface area contributed by atoms with Crippen molar-refractivity contribution in [2.75, 3.05) is 25.0 Å². The molecule has 1 fully saturated rings. The number of halogens is 3. The van der Waals surface area contributed by atoms with E-state index in [-0.39, 0.29) is 24.3 Å². The smallest absolute Gasteiger partial charge is 0.238 e. The van der Waals surface area contributed by atoms with Crippen molar-refractivity contribution in [3.8, 4) is 0 Å². The summed E-state index contributed by atoms with van der Waals surface area (Å²) >= 11 is 0. The Labute approximate surface area is 121 Å². The summed E-state index contributed by atoms with van der Waals surface area (Å²) in [7, 11) is 0. The van der Waals surface area contributed by atoms with Crippen molar-refractivity contribution in [2.24, 2.45) is 0 Å². The second-order valence-electron chi connectivity index (χ2n) is 5.36. The number of anilines is 1. The number of benzene rings is 1. The molecule has 2 rings (SSSR count). The van der Waals surface area contributed by atoms with Gasteiger partial charge in [-0.3, -0.25) is 9.69 Å². The maximum atomic E-state index is 13.5. The van der Waals surface area contributed by atoms with Gasteiger partial charge in [0.05, 0.1) is 12.2 Å². The van der Waals surface area contributed by atoms with Crippen LogP contribution >= 0.6 is 0 Å². The molecule has 0 aliphatic carbocycles. The molecule has 1 aliphatic heterocycles. The number of amides is 1. The van der Waals surface area contributed by atoms with E-state index in [4.69, 9.17) is 0 Å². The highest BCUT2D eigenvalue weighted by atomic mass is 19.2. The Bertz CT molecular complexity index is 538. The molecule has 2 atom stereocenters. The number of hydrogen-bond acceptors (Lipinski definition) is 3. The monoisotopic (exact) mass is 301 g/mol. The molecule has 0 radical (unpaired) electrons. The predicted molar refractivity (Wildman–Crippen MR) is 73.4 cm³/mol. The van der Waals surface area contributed by atoms with E-state index in [9.17, 15) is 18.0 Å². The van der Waals surface area contributed by atoms with Crippen LogP contribution in [0, 0.1) is 17.5 Å². The minimum atomic E-state index is -1.59. The Morgan fingerprint density at radius 3 is 2.76 bits per heavy atom. The molecule has 1 aliphatic rings. The van der Waals surface area contributed by atoms with Crippen molar-refractivity contribution >= 4 is 11.6 Å². The van der Waals surface area contributed by atoms with Gasteiger partial charge < -0.3 is 10.6 Å².